The molecule has 3 N–H and O–H groups in total. The molecule has 1 aromatic heterocycles. The standard InChI is InChI=1S/C35H39FN2O6/c1-22(2)38-30(17-16-27(39)19-28(40)20-31(41)42)32(25-12-14-26(36)15-13-25)33(24-9-5-4-6-10-24)34(38)35(43)37-21-23-8-7-11-29(18-23)44-3/h4-15,18,22,27-28,39-40H,16-17,19-21H2,1-3H3,(H,37,43)(H,41,42)/p-1/t27-,28-/m1/s1. The third-order valence-corrected chi connectivity index (χ3v) is 7.48. The van der Waals surface area contributed by atoms with Crippen molar-refractivity contribution < 1.29 is 34.0 Å². The van der Waals surface area contributed by atoms with E-state index in [0.717, 1.165) is 22.4 Å². The molecule has 0 bridgehead atoms. The van der Waals surface area contributed by atoms with Crippen LogP contribution >= 0.6 is 0 Å². The van der Waals surface area contributed by atoms with E-state index in [9.17, 15) is 29.3 Å². The molecule has 0 saturated carbocycles. The zero-order valence-corrected chi connectivity index (χ0v) is 25.1. The van der Waals surface area contributed by atoms with Crippen LogP contribution in [0.5, 0.6) is 5.75 Å². The molecule has 2 atom stereocenters. The van der Waals surface area contributed by atoms with Gasteiger partial charge in [0.2, 0.25) is 0 Å². The number of nitrogens with one attached hydrogen (secondary N) is 1. The topological polar surface area (TPSA) is 124 Å². The lowest BCUT2D eigenvalue weighted by Gasteiger charge is -2.20. The number of amides is 1. The van der Waals surface area contributed by atoms with Crippen molar-refractivity contribution in [2.75, 3.05) is 7.11 Å². The summed E-state index contributed by atoms with van der Waals surface area (Å²) in [5.41, 5.74) is 4.95. The molecule has 0 saturated heterocycles. The Morgan fingerprint density at radius 3 is 2.25 bits per heavy atom. The number of carbonyl (C=O) groups excluding carboxylic acids is 2. The van der Waals surface area contributed by atoms with Crippen molar-refractivity contribution in [3.63, 3.8) is 0 Å². The minimum absolute atomic E-state index is 0.137. The summed E-state index contributed by atoms with van der Waals surface area (Å²) < 4.78 is 21.3. The van der Waals surface area contributed by atoms with Crippen molar-refractivity contribution in [3.8, 4) is 28.0 Å². The molecule has 3 aromatic carbocycles. The van der Waals surface area contributed by atoms with Crippen molar-refractivity contribution in [3.05, 3.63) is 102 Å². The number of benzene rings is 3. The Kier molecular flexibility index (Phi) is 10.9. The Bertz CT molecular complexity index is 1570. The molecular formula is C35H38FN2O6-. The molecule has 8 nitrogen and oxygen atoms in total. The average Bonchev–Trinajstić information content (AvgIpc) is 3.35. The Morgan fingerprint density at radius 2 is 1.61 bits per heavy atom. The zero-order valence-electron chi connectivity index (χ0n) is 25.1. The van der Waals surface area contributed by atoms with Gasteiger partial charge in [0.05, 0.1) is 19.3 Å². The molecule has 1 heterocycles. The molecule has 4 aromatic rings. The molecule has 44 heavy (non-hydrogen) atoms. The first kappa shape index (κ1) is 32.4. The third kappa shape index (κ3) is 7.92. The highest BCUT2D eigenvalue weighted by Crippen LogP contribution is 2.42. The predicted octanol–water partition coefficient (Wildman–Crippen LogP) is 4.67. The maximum atomic E-state index is 14.2. The Labute approximate surface area is 256 Å². The van der Waals surface area contributed by atoms with Gasteiger partial charge in [0.15, 0.2) is 0 Å². The van der Waals surface area contributed by atoms with Gasteiger partial charge in [0.25, 0.3) is 5.91 Å². The lowest BCUT2D eigenvalue weighted by Crippen LogP contribution is -2.29. The van der Waals surface area contributed by atoms with Crippen molar-refractivity contribution in [1.82, 2.24) is 9.88 Å². The number of aliphatic hydroxyl groups is 2. The van der Waals surface area contributed by atoms with Crippen molar-refractivity contribution in [2.45, 2.75) is 64.3 Å². The fraction of sp³-hybridized carbons (Fsp3) is 0.314. The van der Waals surface area contributed by atoms with Crippen LogP contribution in [0.4, 0.5) is 4.39 Å². The van der Waals surface area contributed by atoms with Crippen LogP contribution in [0.1, 0.15) is 60.9 Å². The first-order chi connectivity index (χ1) is 21.1. The number of aliphatic hydroxyl groups excluding tert-OH is 2. The fourth-order valence-corrected chi connectivity index (χ4v) is 5.55. The van der Waals surface area contributed by atoms with E-state index in [-0.39, 0.29) is 31.3 Å². The van der Waals surface area contributed by atoms with E-state index in [4.69, 9.17) is 4.74 Å². The summed E-state index contributed by atoms with van der Waals surface area (Å²) in [5, 5.41) is 34.8. The lowest BCUT2D eigenvalue weighted by molar-refractivity contribution is -0.307. The summed E-state index contributed by atoms with van der Waals surface area (Å²) in [6.07, 6.45) is -2.48. The monoisotopic (exact) mass is 601 g/mol. The quantitative estimate of drug-likeness (QED) is 0.193. The third-order valence-electron chi connectivity index (χ3n) is 7.48. The number of aromatic nitrogens is 1. The maximum absolute atomic E-state index is 14.2. The van der Waals surface area contributed by atoms with Crippen LogP contribution in [0.3, 0.4) is 0 Å². The van der Waals surface area contributed by atoms with Crippen LogP contribution in [0.2, 0.25) is 0 Å². The molecule has 232 valence electrons. The first-order valence-corrected chi connectivity index (χ1v) is 14.6. The Balaban J connectivity index is 1.84. The average molecular weight is 602 g/mol. The maximum Gasteiger partial charge on any atom is 0.268 e. The van der Waals surface area contributed by atoms with Crippen molar-refractivity contribution in [1.29, 1.82) is 0 Å². The van der Waals surface area contributed by atoms with Crippen LogP contribution in [-0.2, 0) is 17.8 Å². The number of halogens is 1. The van der Waals surface area contributed by atoms with Crippen molar-refractivity contribution >= 4 is 11.9 Å². The van der Waals surface area contributed by atoms with E-state index in [1.54, 1.807) is 19.2 Å². The van der Waals surface area contributed by atoms with E-state index < -0.39 is 30.4 Å². The summed E-state index contributed by atoms with van der Waals surface area (Å²) >= 11 is 0. The highest BCUT2D eigenvalue weighted by atomic mass is 19.1. The van der Waals surface area contributed by atoms with Crippen LogP contribution in [0.15, 0.2) is 78.9 Å². The van der Waals surface area contributed by atoms with Gasteiger partial charge in [-0.15, -0.1) is 0 Å². The number of ether oxygens (including phenoxy) is 1. The van der Waals surface area contributed by atoms with Gasteiger partial charge in [-0.3, -0.25) is 4.79 Å². The second-order valence-electron chi connectivity index (χ2n) is 11.1. The van der Waals surface area contributed by atoms with Gasteiger partial charge in [-0.2, -0.15) is 0 Å². The van der Waals surface area contributed by atoms with Crippen molar-refractivity contribution in [2.24, 2.45) is 0 Å². The molecular weight excluding hydrogens is 563 g/mol. The molecule has 0 aliphatic carbocycles. The summed E-state index contributed by atoms with van der Waals surface area (Å²) in [5.74, 6) is -1.42. The van der Waals surface area contributed by atoms with Gasteiger partial charge in [-0.05, 0) is 74.1 Å². The lowest BCUT2D eigenvalue weighted by atomic mass is 9.92. The Hall–Kier alpha value is -4.47. The highest BCUT2D eigenvalue weighted by Gasteiger charge is 2.30. The number of carbonyl (C=O) groups is 2. The molecule has 0 aliphatic heterocycles. The van der Waals surface area contributed by atoms with E-state index in [2.05, 4.69) is 5.32 Å². The van der Waals surface area contributed by atoms with E-state index in [1.165, 1.54) is 12.1 Å². The smallest absolute Gasteiger partial charge is 0.268 e. The number of methoxy groups -OCH3 is 1. The van der Waals surface area contributed by atoms with Gasteiger partial charge < -0.3 is 34.7 Å². The van der Waals surface area contributed by atoms with Gasteiger partial charge >= 0.3 is 0 Å². The number of carboxylic acid groups (broad SMARTS) is 1. The summed E-state index contributed by atoms with van der Waals surface area (Å²) in [4.78, 5) is 25.1. The van der Waals surface area contributed by atoms with Gasteiger partial charge in [0.1, 0.15) is 17.3 Å². The minimum atomic E-state index is -1.39. The minimum Gasteiger partial charge on any atom is -0.550 e. The van der Waals surface area contributed by atoms with Crippen LogP contribution in [0.25, 0.3) is 22.3 Å². The highest BCUT2D eigenvalue weighted by molar-refractivity contribution is 6.05. The SMILES string of the molecule is COc1cccc(CNC(=O)c2c(-c3ccccc3)c(-c3ccc(F)cc3)c(CC[C@@H](O)C[C@@H](O)CC(=O)[O-])n2C(C)C)c1. The Morgan fingerprint density at radius 1 is 0.932 bits per heavy atom. The van der Waals surface area contributed by atoms with E-state index >= 15 is 0 Å². The number of nitrogens with zero attached hydrogens (tertiary/aromatic N) is 1. The summed E-state index contributed by atoms with van der Waals surface area (Å²) in [6, 6.07) is 22.8. The first-order valence-electron chi connectivity index (χ1n) is 14.6. The predicted molar refractivity (Wildman–Crippen MR) is 164 cm³/mol. The molecule has 1 amide bonds. The van der Waals surface area contributed by atoms with Gasteiger partial charge in [-0.1, -0.05) is 54.6 Å². The van der Waals surface area contributed by atoms with Crippen LogP contribution in [-0.4, -0.2) is 46.0 Å². The number of hydrogen-bond acceptors (Lipinski definition) is 6. The molecule has 0 aliphatic rings. The van der Waals surface area contributed by atoms with E-state index in [1.807, 2.05) is 73.0 Å². The number of carboxylic acids is 1. The zero-order chi connectivity index (χ0) is 31.8. The van der Waals surface area contributed by atoms with Crippen LogP contribution in [0, 0.1) is 5.82 Å². The molecule has 0 fully saturated rings. The molecule has 0 spiro atoms. The summed E-state index contributed by atoms with van der Waals surface area (Å²) in [7, 11) is 1.58. The fourth-order valence-electron chi connectivity index (χ4n) is 5.55. The molecule has 9 heteroatoms. The summed E-state index contributed by atoms with van der Waals surface area (Å²) in [6.45, 7) is 4.18. The van der Waals surface area contributed by atoms with Crippen LogP contribution < -0.4 is 15.2 Å². The number of hydrogen-bond donors (Lipinski definition) is 3. The van der Waals surface area contributed by atoms with Gasteiger partial charge in [-0.25, -0.2) is 4.39 Å². The second kappa shape index (κ2) is 14.8. The van der Waals surface area contributed by atoms with Gasteiger partial charge in [0, 0.05) is 41.8 Å². The number of rotatable bonds is 14. The second-order valence-corrected chi connectivity index (χ2v) is 11.1. The molecule has 0 radical (unpaired) electrons. The van der Waals surface area contributed by atoms with E-state index in [0.29, 0.717) is 29.0 Å². The normalized spacial score (nSPS) is 12.6. The molecule has 4 rings (SSSR count). The largest absolute Gasteiger partial charge is 0.550 e. The number of aliphatic carboxylic acids is 1. The molecule has 0 unspecified atom stereocenters.